The van der Waals surface area contributed by atoms with E-state index in [1.807, 2.05) is 11.3 Å². The Morgan fingerprint density at radius 3 is 1.91 bits per heavy atom. The fourth-order valence-corrected chi connectivity index (χ4v) is 12.4. The van der Waals surface area contributed by atoms with Gasteiger partial charge in [-0.1, -0.05) is 153 Å². The molecule has 13 aromatic rings. The quantitative estimate of drug-likeness (QED) is 0.166. The number of hydrogen-bond acceptors (Lipinski definition) is 3. The highest BCUT2D eigenvalue weighted by atomic mass is 32.1. The van der Waals surface area contributed by atoms with Crippen LogP contribution in [0.5, 0.6) is 0 Å². The maximum atomic E-state index is 6.76. The summed E-state index contributed by atoms with van der Waals surface area (Å²) in [6.07, 6.45) is 0. The minimum Gasteiger partial charge on any atom is -0.456 e. The van der Waals surface area contributed by atoms with Crippen molar-refractivity contribution in [3.05, 3.63) is 230 Å². The standard InChI is InChI=1S/C63H42N2OS/c1-63(2)52-22-12-9-19-46(52)47-34-31-45(37-53(47)63)64(42-15-5-3-6-16-42)44-29-25-39(26-30-44)40-27-33-50-54(35-40)65(43-17-7-4-8-18-43)55-38-57-62(51-21-10-13-23-56(51)66-57)60(61(50)55)41-28-32-49-48-20-11-14-24-58(48)67-59(49)36-41/h3-38H,1-2H3. The average Bonchev–Trinajstić information content (AvgIpc) is 4.10. The molecular formula is C63H42N2OS. The van der Waals surface area contributed by atoms with Crippen LogP contribution in [-0.4, -0.2) is 4.57 Å². The molecule has 0 N–H and O–H groups in total. The van der Waals surface area contributed by atoms with Crippen LogP contribution < -0.4 is 4.90 Å². The minimum absolute atomic E-state index is 0.0970. The van der Waals surface area contributed by atoms with E-state index in [9.17, 15) is 0 Å². The number of aromatic nitrogens is 1. The highest BCUT2D eigenvalue weighted by molar-refractivity contribution is 7.25. The second-order valence-corrected chi connectivity index (χ2v) is 19.5. The summed E-state index contributed by atoms with van der Waals surface area (Å²) in [5.41, 5.74) is 18.5. The van der Waals surface area contributed by atoms with Crippen LogP contribution in [0.1, 0.15) is 25.0 Å². The number of rotatable bonds is 6. The molecule has 67 heavy (non-hydrogen) atoms. The molecule has 0 fully saturated rings. The zero-order chi connectivity index (χ0) is 44.4. The van der Waals surface area contributed by atoms with Gasteiger partial charge in [-0.2, -0.15) is 0 Å². The number of benzene rings is 10. The van der Waals surface area contributed by atoms with Crippen LogP contribution in [0.15, 0.2) is 223 Å². The van der Waals surface area contributed by atoms with Crippen molar-refractivity contribution in [2.75, 3.05) is 4.90 Å². The van der Waals surface area contributed by atoms with Gasteiger partial charge in [-0.3, -0.25) is 0 Å². The van der Waals surface area contributed by atoms with Gasteiger partial charge in [-0.25, -0.2) is 0 Å². The van der Waals surface area contributed by atoms with E-state index in [1.54, 1.807) is 0 Å². The first-order chi connectivity index (χ1) is 33.0. The zero-order valence-electron chi connectivity index (χ0n) is 37.0. The molecule has 0 amide bonds. The Balaban J connectivity index is 0.951. The van der Waals surface area contributed by atoms with E-state index >= 15 is 0 Å². The zero-order valence-corrected chi connectivity index (χ0v) is 37.8. The second-order valence-electron chi connectivity index (χ2n) is 18.4. The van der Waals surface area contributed by atoms with Gasteiger partial charge in [-0.05, 0) is 112 Å². The molecule has 0 atom stereocenters. The van der Waals surface area contributed by atoms with Gasteiger partial charge in [0.1, 0.15) is 11.2 Å². The highest BCUT2D eigenvalue weighted by Gasteiger charge is 2.36. The van der Waals surface area contributed by atoms with Crippen LogP contribution in [0.4, 0.5) is 17.1 Å². The van der Waals surface area contributed by atoms with Gasteiger partial charge >= 0.3 is 0 Å². The van der Waals surface area contributed by atoms with Crippen molar-refractivity contribution in [1.29, 1.82) is 0 Å². The highest BCUT2D eigenvalue weighted by Crippen LogP contribution is 2.52. The van der Waals surface area contributed by atoms with Gasteiger partial charge in [-0.15, -0.1) is 11.3 Å². The van der Waals surface area contributed by atoms with Crippen molar-refractivity contribution in [3.63, 3.8) is 0 Å². The number of hydrogen-bond donors (Lipinski definition) is 0. The molecule has 1 aliphatic rings. The van der Waals surface area contributed by atoms with Crippen molar-refractivity contribution in [2.45, 2.75) is 19.3 Å². The maximum Gasteiger partial charge on any atom is 0.138 e. The van der Waals surface area contributed by atoms with Crippen molar-refractivity contribution in [1.82, 2.24) is 4.57 Å². The molecule has 3 aromatic heterocycles. The van der Waals surface area contributed by atoms with Crippen molar-refractivity contribution in [2.24, 2.45) is 0 Å². The van der Waals surface area contributed by atoms with Crippen LogP contribution in [0, 0.1) is 0 Å². The Morgan fingerprint density at radius 1 is 0.418 bits per heavy atom. The SMILES string of the molecule is CC1(C)c2ccccc2-c2ccc(N(c3ccccc3)c3ccc(-c4ccc5c6c(-c7ccc8c(c7)sc7ccccc78)c7c(cc6n(-c6ccccc6)c5c4)oc4ccccc47)cc3)cc21. The normalized spacial score (nSPS) is 13.0. The van der Waals surface area contributed by atoms with E-state index in [2.05, 4.69) is 242 Å². The summed E-state index contributed by atoms with van der Waals surface area (Å²) in [5, 5.41) is 7.30. The number of fused-ring (bicyclic) bond motifs is 12. The van der Waals surface area contributed by atoms with Crippen molar-refractivity contribution < 1.29 is 4.42 Å². The van der Waals surface area contributed by atoms with Gasteiger partial charge in [0, 0.05) is 81.5 Å². The first-order valence-corrected chi connectivity index (χ1v) is 23.9. The van der Waals surface area contributed by atoms with Gasteiger partial charge in [0.15, 0.2) is 0 Å². The van der Waals surface area contributed by atoms with Gasteiger partial charge in [0.05, 0.1) is 11.0 Å². The third-order valence-corrected chi connectivity index (χ3v) is 15.5. The Morgan fingerprint density at radius 2 is 1.06 bits per heavy atom. The van der Waals surface area contributed by atoms with Gasteiger partial charge in [0.25, 0.3) is 0 Å². The Bertz CT molecular complexity index is 4120. The summed E-state index contributed by atoms with van der Waals surface area (Å²) in [4.78, 5) is 2.39. The smallest absolute Gasteiger partial charge is 0.138 e. The maximum absolute atomic E-state index is 6.76. The van der Waals surface area contributed by atoms with Gasteiger partial charge < -0.3 is 13.9 Å². The summed E-state index contributed by atoms with van der Waals surface area (Å²) in [7, 11) is 0. The fourth-order valence-electron chi connectivity index (χ4n) is 11.2. The number of para-hydroxylation sites is 3. The van der Waals surface area contributed by atoms with Gasteiger partial charge in [0.2, 0.25) is 0 Å². The molecule has 14 rings (SSSR count). The van der Waals surface area contributed by atoms with E-state index in [4.69, 9.17) is 4.42 Å². The lowest BCUT2D eigenvalue weighted by molar-refractivity contribution is 0.660. The summed E-state index contributed by atoms with van der Waals surface area (Å²) >= 11 is 1.86. The Kier molecular flexibility index (Phi) is 8.20. The largest absolute Gasteiger partial charge is 0.456 e. The molecule has 1 aliphatic carbocycles. The number of anilines is 3. The Labute approximate surface area is 392 Å². The lowest BCUT2D eigenvalue weighted by atomic mass is 9.82. The minimum atomic E-state index is -0.0970. The van der Waals surface area contributed by atoms with Crippen molar-refractivity contribution >= 4 is 92.3 Å². The number of furan rings is 1. The average molecular weight is 875 g/mol. The number of nitrogens with zero attached hydrogens (tertiary/aromatic N) is 2. The summed E-state index contributed by atoms with van der Waals surface area (Å²) < 4.78 is 11.8. The third-order valence-electron chi connectivity index (χ3n) is 14.4. The van der Waals surface area contributed by atoms with Crippen LogP contribution in [0.25, 0.3) is 103 Å². The molecular weight excluding hydrogens is 833 g/mol. The molecule has 4 heteroatoms. The second kappa shape index (κ2) is 14.4. The van der Waals surface area contributed by atoms with E-state index < -0.39 is 0 Å². The Hall–Kier alpha value is -8.18. The van der Waals surface area contributed by atoms with Crippen LogP contribution in [-0.2, 0) is 5.41 Å². The summed E-state index contributed by atoms with van der Waals surface area (Å²) in [6, 6.07) is 80.0. The molecule has 0 spiro atoms. The molecule has 0 saturated heterocycles. The van der Waals surface area contributed by atoms with E-state index in [0.717, 1.165) is 66.8 Å². The molecule has 0 radical (unpaired) electrons. The predicted octanol–water partition coefficient (Wildman–Crippen LogP) is 18.2. The molecule has 10 aromatic carbocycles. The third kappa shape index (κ3) is 5.70. The molecule has 316 valence electrons. The lowest BCUT2D eigenvalue weighted by Gasteiger charge is -2.28. The summed E-state index contributed by atoms with van der Waals surface area (Å²) in [5.74, 6) is 0. The monoisotopic (exact) mass is 874 g/mol. The predicted molar refractivity (Wildman–Crippen MR) is 284 cm³/mol. The van der Waals surface area contributed by atoms with Crippen LogP contribution in [0.2, 0.25) is 0 Å². The lowest BCUT2D eigenvalue weighted by Crippen LogP contribution is -2.16. The molecule has 0 saturated carbocycles. The first-order valence-electron chi connectivity index (χ1n) is 23.1. The van der Waals surface area contributed by atoms with E-state index in [1.165, 1.54) is 64.3 Å². The molecule has 3 heterocycles. The fraction of sp³-hybridized carbons (Fsp3) is 0.0476. The topological polar surface area (TPSA) is 21.3 Å². The molecule has 3 nitrogen and oxygen atoms in total. The van der Waals surface area contributed by atoms with Crippen LogP contribution >= 0.6 is 11.3 Å². The van der Waals surface area contributed by atoms with Crippen LogP contribution in [0.3, 0.4) is 0 Å². The first kappa shape index (κ1) is 38.1. The summed E-state index contributed by atoms with van der Waals surface area (Å²) in [6.45, 7) is 4.70. The van der Waals surface area contributed by atoms with E-state index in [0.29, 0.717) is 0 Å². The van der Waals surface area contributed by atoms with Crippen molar-refractivity contribution in [3.8, 4) is 39.1 Å². The molecule has 0 aliphatic heterocycles. The van der Waals surface area contributed by atoms with E-state index in [-0.39, 0.29) is 5.41 Å². The number of thiophene rings is 1. The molecule has 0 bridgehead atoms. The molecule has 0 unspecified atom stereocenters.